The first-order chi connectivity index (χ1) is 14.4. The number of aldehydes is 1. The zero-order valence-corrected chi connectivity index (χ0v) is 20.4. The van der Waals surface area contributed by atoms with Crippen LogP contribution in [-0.2, 0) is 14.3 Å². The molecule has 1 fully saturated rings. The van der Waals surface area contributed by atoms with Crippen molar-refractivity contribution in [2.24, 2.45) is 29.3 Å². The van der Waals surface area contributed by atoms with E-state index in [1.165, 1.54) is 19.3 Å². The number of carbonyl (C=O) groups is 2. The van der Waals surface area contributed by atoms with Crippen LogP contribution in [0.4, 0.5) is 0 Å². The van der Waals surface area contributed by atoms with Gasteiger partial charge in [-0.25, -0.2) is 5.84 Å². The number of hydrogen-bond acceptors (Lipinski definition) is 6. The van der Waals surface area contributed by atoms with Gasteiger partial charge in [0.05, 0.1) is 23.6 Å². The van der Waals surface area contributed by atoms with Crippen molar-refractivity contribution in [3.05, 3.63) is 11.4 Å². The molecule has 2 rings (SSSR count). The van der Waals surface area contributed by atoms with Crippen molar-refractivity contribution in [1.82, 2.24) is 10.3 Å². The lowest BCUT2D eigenvalue weighted by molar-refractivity contribution is -0.130. The monoisotopic (exact) mass is 436 g/mol. The van der Waals surface area contributed by atoms with E-state index in [1.54, 1.807) is 0 Å². The van der Waals surface area contributed by atoms with Gasteiger partial charge in [-0.2, -0.15) is 0 Å². The Morgan fingerprint density at radius 2 is 1.84 bits per heavy atom. The van der Waals surface area contributed by atoms with Gasteiger partial charge >= 0.3 is 0 Å². The van der Waals surface area contributed by atoms with Crippen LogP contribution in [-0.4, -0.2) is 41.0 Å². The molecule has 0 heterocycles. The standard InChI is InChI=1S/C24H44N4O3/c1-16(2)20(15-29)27-22(30)14-24(5,6)31-12-11-23(3,4)28(26)21-10-8-18-13-17(18)7-9-19(21)25/h15-18,20H,7-14,25-26H2,1-6H3,(H,27,30)/b21-19-. The summed E-state index contributed by atoms with van der Waals surface area (Å²) < 4.78 is 6.07. The molecule has 0 aromatic carbocycles. The summed E-state index contributed by atoms with van der Waals surface area (Å²) >= 11 is 0. The van der Waals surface area contributed by atoms with Gasteiger partial charge in [-0.3, -0.25) is 4.79 Å². The average Bonchev–Trinajstić information content (AvgIpc) is 3.39. The molecule has 0 saturated heterocycles. The van der Waals surface area contributed by atoms with Crippen molar-refractivity contribution in [2.45, 2.75) is 104 Å². The number of nitrogens with two attached hydrogens (primary N) is 2. The first-order valence-electron chi connectivity index (χ1n) is 11.8. The van der Waals surface area contributed by atoms with Crippen LogP contribution in [0.2, 0.25) is 0 Å². The summed E-state index contributed by atoms with van der Waals surface area (Å²) in [6.45, 7) is 12.3. The number of allylic oxidation sites excluding steroid dienone is 2. The van der Waals surface area contributed by atoms with Crippen molar-refractivity contribution >= 4 is 12.2 Å². The molecular weight excluding hydrogens is 392 g/mol. The number of hydrazine groups is 1. The summed E-state index contributed by atoms with van der Waals surface area (Å²) in [6.07, 6.45) is 7.24. The van der Waals surface area contributed by atoms with E-state index < -0.39 is 11.6 Å². The molecule has 0 radical (unpaired) electrons. The van der Waals surface area contributed by atoms with Crippen LogP contribution >= 0.6 is 0 Å². The molecule has 1 amide bonds. The quantitative estimate of drug-likeness (QED) is 0.260. The van der Waals surface area contributed by atoms with Crippen molar-refractivity contribution in [2.75, 3.05) is 6.61 Å². The molecule has 2 aliphatic rings. The maximum absolute atomic E-state index is 12.3. The molecular formula is C24H44N4O3. The van der Waals surface area contributed by atoms with E-state index >= 15 is 0 Å². The predicted octanol–water partition coefficient (Wildman–Crippen LogP) is 3.24. The summed E-state index contributed by atoms with van der Waals surface area (Å²) in [6, 6.07) is -0.471. The molecule has 0 spiro atoms. The first kappa shape index (κ1) is 25.7. The summed E-state index contributed by atoms with van der Waals surface area (Å²) in [4.78, 5) is 23.5. The number of nitrogens with zero attached hydrogens (tertiary/aromatic N) is 1. The molecule has 31 heavy (non-hydrogen) atoms. The largest absolute Gasteiger partial charge is 0.401 e. The molecule has 5 N–H and O–H groups in total. The third-order valence-corrected chi connectivity index (χ3v) is 6.90. The van der Waals surface area contributed by atoms with Gasteiger partial charge in [-0.15, -0.1) is 0 Å². The minimum atomic E-state index is -0.635. The van der Waals surface area contributed by atoms with Gasteiger partial charge in [0.15, 0.2) is 0 Å². The molecule has 3 unspecified atom stereocenters. The van der Waals surface area contributed by atoms with Gasteiger partial charge < -0.3 is 25.6 Å². The highest BCUT2D eigenvalue weighted by atomic mass is 16.5. The lowest BCUT2D eigenvalue weighted by Gasteiger charge is -2.40. The first-order valence-corrected chi connectivity index (χ1v) is 11.8. The molecule has 3 atom stereocenters. The zero-order chi connectivity index (χ0) is 23.4. The lowest BCUT2D eigenvalue weighted by Crippen LogP contribution is -2.50. The Balaban J connectivity index is 1.86. The second-order valence-electron chi connectivity index (χ2n) is 11.0. The fraction of sp³-hybridized carbons (Fsp3) is 0.833. The highest BCUT2D eigenvalue weighted by Gasteiger charge is 2.39. The molecule has 0 aliphatic heterocycles. The smallest absolute Gasteiger partial charge is 0.223 e. The van der Waals surface area contributed by atoms with Crippen molar-refractivity contribution < 1.29 is 14.3 Å². The lowest BCUT2D eigenvalue weighted by atomic mass is 9.95. The van der Waals surface area contributed by atoms with E-state index in [0.717, 1.165) is 42.4 Å². The SMILES string of the molecule is CC(C)C(C=O)NC(=O)CC(C)(C)OCCC(C)(C)N(N)/C1=C(\N)CCC2CC2CC1. The normalized spacial score (nSPS) is 25.3. The topological polar surface area (TPSA) is 111 Å². The van der Waals surface area contributed by atoms with Crippen molar-refractivity contribution in [3.8, 4) is 0 Å². The maximum Gasteiger partial charge on any atom is 0.223 e. The van der Waals surface area contributed by atoms with E-state index in [0.29, 0.717) is 13.0 Å². The molecule has 2 aliphatic carbocycles. The van der Waals surface area contributed by atoms with Crippen molar-refractivity contribution in [1.29, 1.82) is 0 Å². The fourth-order valence-corrected chi connectivity index (χ4v) is 4.36. The van der Waals surface area contributed by atoms with Gasteiger partial charge in [0, 0.05) is 18.0 Å². The number of ether oxygens (including phenoxy) is 1. The summed E-state index contributed by atoms with van der Waals surface area (Å²) in [5, 5.41) is 4.63. The Labute approximate surface area is 188 Å². The number of carbonyl (C=O) groups excluding carboxylic acids is 2. The number of amides is 1. The van der Waals surface area contributed by atoms with Crippen LogP contribution < -0.4 is 16.9 Å². The van der Waals surface area contributed by atoms with Gasteiger partial charge in [-0.05, 0) is 84.0 Å². The molecule has 0 aromatic heterocycles. The van der Waals surface area contributed by atoms with E-state index in [9.17, 15) is 9.59 Å². The molecule has 1 saturated carbocycles. The summed E-state index contributed by atoms with van der Waals surface area (Å²) in [5.41, 5.74) is 7.45. The van der Waals surface area contributed by atoms with Gasteiger partial charge in [-0.1, -0.05) is 13.8 Å². The number of rotatable bonds is 11. The minimum absolute atomic E-state index is 0.0580. The Morgan fingerprint density at radius 3 is 2.42 bits per heavy atom. The second-order valence-corrected chi connectivity index (χ2v) is 11.0. The van der Waals surface area contributed by atoms with Crippen LogP contribution in [0.3, 0.4) is 0 Å². The number of fused-ring (bicyclic) bond motifs is 1. The number of hydrogen-bond donors (Lipinski definition) is 3. The Kier molecular flexibility index (Phi) is 8.56. The number of nitrogens with one attached hydrogen (secondary N) is 1. The van der Waals surface area contributed by atoms with Gasteiger partial charge in [0.1, 0.15) is 6.29 Å². The molecule has 0 aromatic rings. The van der Waals surface area contributed by atoms with E-state index in [-0.39, 0.29) is 23.8 Å². The van der Waals surface area contributed by atoms with Crippen LogP contribution in [0.1, 0.15) is 86.5 Å². The molecule has 178 valence electrons. The predicted molar refractivity (Wildman–Crippen MR) is 123 cm³/mol. The maximum atomic E-state index is 12.3. The molecule has 7 heteroatoms. The molecule has 0 bridgehead atoms. The Hall–Kier alpha value is -1.60. The zero-order valence-electron chi connectivity index (χ0n) is 20.4. The summed E-state index contributed by atoms with van der Waals surface area (Å²) in [5.74, 6) is 8.17. The van der Waals surface area contributed by atoms with Gasteiger partial charge in [0.25, 0.3) is 0 Å². The van der Waals surface area contributed by atoms with E-state index in [1.807, 2.05) is 32.7 Å². The summed E-state index contributed by atoms with van der Waals surface area (Å²) in [7, 11) is 0. The van der Waals surface area contributed by atoms with Crippen LogP contribution in [0.25, 0.3) is 0 Å². The highest BCUT2D eigenvalue weighted by molar-refractivity contribution is 5.80. The van der Waals surface area contributed by atoms with Crippen molar-refractivity contribution in [3.63, 3.8) is 0 Å². The molecule has 7 nitrogen and oxygen atoms in total. The van der Waals surface area contributed by atoms with E-state index in [4.69, 9.17) is 16.3 Å². The average molecular weight is 437 g/mol. The van der Waals surface area contributed by atoms with Gasteiger partial charge in [0.2, 0.25) is 5.91 Å². The van der Waals surface area contributed by atoms with Crippen LogP contribution in [0.5, 0.6) is 0 Å². The minimum Gasteiger partial charge on any atom is -0.401 e. The Morgan fingerprint density at radius 1 is 1.23 bits per heavy atom. The Bertz CT molecular complexity index is 672. The second kappa shape index (κ2) is 10.3. The third kappa shape index (κ3) is 7.49. The van der Waals surface area contributed by atoms with E-state index in [2.05, 4.69) is 19.2 Å². The highest BCUT2D eigenvalue weighted by Crippen LogP contribution is 2.48. The third-order valence-electron chi connectivity index (χ3n) is 6.90. The fourth-order valence-electron chi connectivity index (χ4n) is 4.36. The van der Waals surface area contributed by atoms with Crippen LogP contribution in [0.15, 0.2) is 11.4 Å². The van der Waals surface area contributed by atoms with Crippen LogP contribution in [0, 0.1) is 17.8 Å².